The summed E-state index contributed by atoms with van der Waals surface area (Å²) in [6.07, 6.45) is 7.75. The minimum Gasteiger partial charge on any atom is -0.492 e. The van der Waals surface area contributed by atoms with Crippen LogP contribution in [-0.2, 0) is 19.1 Å². The van der Waals surface area contributed by atoms with Gasteiger partial charge in [0.25, 0.3) is 0 Å². The number of ketones is 2. The van der Waals surface area contributed by atoms with Gasteiger partial charge in [-0.2, -0.15) is 0 Å². The van der Waals surface area contributed by atoms with Crippen LogP contribution in [0.2, 0.25) is 0 Å². The van der Waals surface area contributed by atoms with Crippen molar-refractivity contribution in [3.05, 3.63) is 23.0 Å². The van der Waals surface area contributed by atoms with Crippen LogP contribution in [-0.4, -0.2) is 43.1 Å². The monoisotopic (exact) mass is 347 g/mol. The quantitative estimate of drug-likeness (QED) is 0.693. The molecule has 1 fully saturated rings. The highest BCUT2D eigenvalue weighted by atomic mass is 16.5. The molecule has 2 aliphatic carbocycles. The van der Waals surface area contributed by atoms with Gasteiger partial charge in [-0.25, -0.2) is 0 Å². The van der Waals surface area contributed by atoms with Gasteiger partial charge in [-0.1, -0.05) is 33.1 Å². The Morgan fingerprint density at radius 3 is 2.44 bits per heavy atom. The number of amides is 1. The third-order valence-electron chi connectivity index (χ3n) is 5.12. The van der Waals surface area contributed by atoms with Crippen LogP contribution in [0.25, 0.3) is 0 Å². The molecule has 1 saturated carbocycles. The molecule has 5 nitrogen and oxygen atoms in total. The molecule has 138 valence electrons. The molecule has 0 N–H and O–H groups in total. The second-order valence-corrected chi connectivity index (χ2v) is 7.42. The summed E-state index contributed by atoms with van der Waals surface area (Å²) in [6, 6.07) is 0. The van der Waals surface area contributed by atoms with Gasteiger partial charge in [0.2, 0.25) is 11.7 Å². The fourth-order valence-electron chi connectivity index (χ4n) is 3.69. The number of methoxy groups -OCH3 is 1. The van der Waals surface area contributed by atoms with Crippen LogP contribution >= 0.6 is 0 Å². The van der Waals surface area contributed by atoms with E-state index in [2.05, 4.69) is 0 Å². The van der Waals surface area contributed by atoms with Crippen LogP contribution < -0.4 is 0 Å². The van der Waals surface area contributed by atoms with Gasteiger partial charge in [0.05, 0.1) is 7.11 Å². The number of likely N-dealkylation sites (N-methyl/N-ethyl adjacent to an activating group) is 1. The molecule has 2 aliphatic rings. The number of rotatable bonds is 6. The van der Waals surface area contributed by atoms with E-state index in [1.807, 2.05) is 13.8 Å². The average molecular weight is 347 g/mol. The van der Waals surface area contributed by atoms with Crippen molar-refractivity contribution in [1.82, 2.24) is 4.90 Å². The highest BCUT2D eigenvalue weighted by Gasteiger charge is 2.32. The van der Waals surface area contributed by atoms with Crippen molar-refractivity contribution in [2.75, 3.05) is 20.7 Å². The van der Waals surface area contributed by atoms with E-state index >= 15 is 0 Å². The van der Waals surface area contributed by atoms with Crippen LogP contribution in [0.5, 0.6) is 0 Å². The number of hydrogen-bond acceptors (Lipinski definition) is 4. The number of nitrogens with zero attached hydrogens (tertiary/aromatic N) is 1. The maximum atomic E-state index is 12.6. The zero-order valence-corrected chi connectivity index (χ0v) is 15.8. The Hall–Kier alpha value is -1.91. The lowest BCUT2D eigenvalue weighted by Gasteiger charge is -2.26. The van der Waals surface area contributed by atoms with Gasteiger partial charge in [0.1, 0.15) is 0 Å². The Morgan fingerprint density at radius 2 is 1.88 bits per heavy atom. The number of ether oxygens (including phenoxy) is 1. The molecule has 0 atom stereocenters. The molecule has 0 radical (unpaired) electrons. The summed E-state index contributed by atoms with van der Waals surface area (Å²) in [4.78, 5) is 39.0. The highest BCUT2D eigenvalue weighted by Crippen LogP contribution is 2.28. The second kappa shape index (κ2) is 8.45. The lowest BCUT2D eigenvalue weighted by Crippen LogP contribution is -2.34. The van der Waals surface area contributed by atoms with Crippen molar-refractivity contribution in [1.29, 1.82) is 0 Å². The zero-order valence-electron chi connectivity index (χ0n) is 15.8. The van der Waals surface area contributed by atoms with E-state index < -0.39 is 0 Å². The fourth-order valence-corrected chi connectivity index (χ4v) is 3.69. The number of hydrogen-bond donors (Lipinski definition) is 0. The first-order chi connectivity index (χ1) is 11.8. The molecule has 0 heterocycles. The Morgan fingerprint density at radius 1 is 1.24 bits per heavy atom. The van der Waals surface area contributed by atoms with Crippen LogP contribution in [0.15, 0.2) is 23.0 Å². The lowest BCUT2D eigenvalue weighted by atomic mass is 9.86. The Bertz CT molecular complexity index is 609. The van der Waals surface area contributed by atoms with Crippen molar-refractivity contribution >= 4 is 17.5 Å². The Labute approximate surface area is 150 Å². The van der Waals surface area contributed by atoms with Gasteiger partial charge in [-0.3, -0.25) is 14.4 Å². The molecule has 25 heavy (non-hydrogen) atoms. The minimum atomic E-state index is -0.289. The molecule has 0 spiro atoms. The summed E-state index contributed by atoms with van der Waals surface area (Å²) < 4.78 is 5.21. The third kappa shape index (κ3) is 4.59. The molecule has 5 heteroatoms. The van der Waals surface area contributed by atoms with Crippen LogP contribution in [0.4, 0.5) is 0 Å². The summed E-state index contributed by atoms with van der Waals surface area (Å²) in [5.41, 5.74) is 0.734. The molecule has 0 aromatic heterocycles. The lowest BCUT2D eigenvalue weighted by molar-refractivity contribution is -0.131. The standard InChI is InChI=1S/C20H29NO4/c1-13(2)18-16(22)11-15(19(24)20(18)25-4)12-21(3)17(23)10-14-8-6-5-7-9-14/h11,13-14H,5-10,12H2,1-4H3. The predicted molar refractivity (Wildman–Crippen MR) is 95.8 cm³/mol. The highest BCUT2D eigenvalue weighted by molar-refractivity contribution is 6.22. The largest absolute Gasteiger partial charge is 0.492 e. The predicted octanol–water partition coefficient (Wildman–Crippen LogP) is 3.05. The topological polar surface area (TPSA) is 63.7 Å². The van der Waals surface area contributed by atoms with Gasteiger partial charge in [-0.05, 0) is 30.8 Å². The first-order valence-electron chi connectivity index (χ1n) is 9.16. The molecular weight excluding hydrogens is 318 g/mol. The van der Waals surface area contributed by atoms with E-state index in [0.717, 1.165) is 12.8 Å². The smallest absolute Gasteiger partial charge is 0.225 e. The normalized spacial score (nSPS) is 19.3. The molecule has 0 aromatic rings. The van der Waals surface area contributed by atoms with Gasteiger partial charge >= 0.3 is 0 Å². The molecule has 2 rings (SSSR count). The SMILES string of the molecule is COC1=C(C(C)C)C(=O)C=C(CN(C)C(=O)CC2CCCCC2)C1=O. The van der Waals surface area contributed by atoms with E-state index in [1.165, 1.54) is 32.4 Å². The summed E-state index contributed by atoms with van der Waals surface area (Å²) in [5, 5.41) is 0. The Kier molecular flexibility index (Phi) is 6.57. The summed E-state index contributed by atoms with van der Waals surface area (Å²) in [7, 11) is 3.10. The number of Topliss-reactive ketones (excluding diaryl/α,β-unsaturated/α-hetero) is 1. The molecule has 0 aliphatic heterocycles. The number of allylic oxidation sites excluding steroid dienone is 3. The van der Waals surface area contributed by atoms with Gasteiger partial charge in [0, 0.05) is 31.2 Å². The van der Waals surface area contributed by atoms with Crippen molar-refractivity contribution in [2.24, 2.45) is 11.8 Å². The molecule has 0 aromatic carbocycles. The maximum absolute atomic E-state index is 12.6. The summed E-state index contributed by atoms with van der Waals surface area (Å²) in [5.74, 6) is 0.0205. The van der Waals surface area contributed by atoms with Crippen LogP contribution in [0, 0.1) is 11.8 Å². The Balaban J connectivity index is 2.04. The number of carbonyl (C=O) groups excluding carboxylic acids is 3. The van der Waals surface area contributed by atoms with Crippen molar-refractivity contribution in [2.45, 2.75) is 52.4 Å². The first kappa shape index (κ1) is 19.4. The summed E-state index contributed by atoms with van der Waals surface area (Å²) >= 11 is 0. The van der Waals surface area contributed by atoms with Crippen molar-refractivity contribution in [3.8, 4) is 0 Å². The van der Waals surface area contributed by atoms with E-state index in [1.54, 1.807) is 11.9 Å². The van der Waals surface area contributed by atoms with Crippen molar-refractivity contribution < 1.29 is 19.1 Å². The van der Waals surface area contributed by atoms with E-state index in [4.69, 9.17) is 4.74 Å². The maximum Gasteiger partial charge on any atom is 0.225 e. The van der Waals surface area contributed by atoms with Gasteiger partial charge < -0.3 is 9.64 Å². The van der Waals surface area contributed by atoms with E-state index in [9.17, 15) is 14.4 Å². The molecule has 0 saturated heterocycles. The van der Waals surface area contributed by atoms with Gasteiger partial charge in [-0.15, -0.1) is 0 Å². The van der Waals surface area contributed by atoms with Crippen LogP contribution in [0.3, 0.4) is 0 Å². The van der Waals surface area contributed by atoms with Crippen LogP contribution in [0.1, 0.15) is 52.4 Å². The average Bonchev–Trinajstić information content (AvgIpc) is 2.57. The zero-order chi connectivity index (χ0) is 18.6. The van der Waals surface area contributed by atoms with E-state index in [-0.39, 0.29) is 35.7 Å². The van der Waals surface area contributed by atoms with Gasteiger partial charge in [0.15, 0.2) is 11.5 Å². The molecule has 0 bridgehead atoms. The second-order valence-electron chi connectivity index (χ2n) is 7.42. The first-order valence-corrected chi connectivity index (χ1v) is 9.16. The fraction of sp³-hybridized carbons (Fsp3) is 0.650. The molecular formula is C20H29NO4. The van der Waals surface area contributed by atoms with E-state index in [0.29, 0.717) is 23.5 Å². The molecule has 1 amide bonds. The molecule has 0 unspecified atom stereocenters. The minimum absolute atomic E-state index is 0.0330. The third-order valence-corrected chi connectivity index (χ3v) is 5.12. The summed E-state index contributed by atoms with van der Waals surface area (Å²) in [6.45, 7) is 3.87. The van der Waals surface area contributed by atoms with Crippen molar-refractivity contribution in [3.63, 3.8) is 0 Å². The number of carbonyl (C=O) groups is 3.